The molecule has 0 spiro atoms. The van der Waals surface area contributed by atoms with Gasteiger partial charge >= 0.3 is 30.0 Å². The number of hydrogen-bond acceptors (Lipinski definition) is 17. The highest BCUT2D eigenvalue weighted by Gasteiger charge is 2.36. The van der Waals surface area contributed by atoms with E-state index in [1.54, 1.807) is 6.26 Å². The zero-order chi connectivity index (χ0) is 64.0. The number of alkyl carbamates (subject to hydrolysis) is 1. The number of carboxylic acids is 4. The Hall–Kier alpha value is -9.07. The minimum Gasteiger partial charge on any atom is -0.481 e. The molecule has 0 unspecified atom stereocenters. The van der Waals surface area contributed by atoms with E-state index < -0.39 is 171 Å². The maximum atomic E-state index is 14.3. The Morgan fingerprint density at radius 2 is 0.942 bits per heavy atom. The van der Waals surface area contributed by atoms with Crippen LogP contribution in [-0.4, -0.2) is 184 Å². The molecule has 472 valence electrons. The molecule has 86 heavy (non-hydrogen) atoms. The Morgan fingerprint density at radius 3 is 1.37 bits per heavy atom. The normalized spacial score (nSPS) is 14.2. The van der Waals surface area contributed by atoms with Crippen molar-refractivity contribution in [1.29, 1.82) is 0 Å². The molecule has 2 aromatic carbocycles. The highest BCUT2D eigenvalue weighted by molar-refractivity contribution is 7.98. The van der Waals surface area contributed by atoms with Gasteiger partial charge < -0.3 is 90.6 Å². The van der Waals surface area contributed by atoms with Crippen LogP contribution in [0.3, 0.4) is 0 Å². The summed E-state index contributed by atoms with van der Waals surface area (Å²) in [6.07, 6.45) is -3.71. The van der Waals surface area contributed by atoms with Crippen molar-refractivity contribution in [3.63, 3.8) is 0 Å². The number of aliphatic carboxylic acids is 4. The van der Waals surface area contributed by atoms with Gasteiger partial charge in [0, 0.05) is 31.7 Å². The first-order chi connectivity index (χ1) is 40.8. The molecule has 3 rings (SSSR count). The van der Waals surface area contributed by atoms with Crippen molar-refractivity contribution in [2.45, 2.75) is 145 Å². The zero-order valence-electron chi connectivity index (χ0n) is 47.5. The van der Waals surface area contributed by atoms with Gasteiger partial charge in [0.2, 0.25) is 47.3 Å². The second kappa shape index (κ2) is 36.6. The molecule has 1 aliphatic rings. The average molecular weight is 1230 g/mol. The molecule has 31 nitrogen and oxygen atoms in total. The number of amides is 9. The van der Waals surface area contributed by atoms with Crippen molar-refractivity contribution >= 4 is 94.9 Å². The molecular formula is C54H77N13O18S. The fourth-order valence-electron chi connectivity index (χ4n) is 8.86. The van der Waals surface area contributed by atoms with Crippen LogP contribution in [0.5, 0.6) is 0 Å². The van der Waals surface area contributed by atoms with Gasteiger partial charge in [-0.15, -0.1) is 0 Å². The van der Waals surface area contributed by atoms with Crippen LogP contribution < -0.4 is 65.5 Å². The van der Waals surface area contributed by atoms with Crippen LogP contribution in [0, 0.1) is 0 Å². The second-order valence-electron chi connectivity index (χ2n) is 19.9. The first-order valence-corrected chi connectivity index (χ1v) is 28.8. The first kappa shape index (κ1) is 71.2. The van der Waals surface area contributed by atoms with Crippen molar-refractivity contribution < 1.29 is 87.5 Å². The largest absolute Gasteiger partial charge is 0.481 e. The van der Waals surface area contributed by atoms with Crippen LogP contribution in [0.1, 0.15) is 107 Å². The predicted octanol–water partition coefficient (Wildman–Crippen LogP) is -2.20. The fraction of sp³-hybridized carbons (Fsp3) is 0.519. The summed E-state index contributed by atoms with van der Waals surface area (Å²) in [7, 11) is 0. The monoisotopic (exact) mass is 1230 g/mol. The summed E-state index contributed by atoms with van der Waals surface area (Å²) in [4.78, 5) is 173. The molecule has 0 heterocycles. The molecule has 32 heteroatoms. The topological polar surface area (TPSA) is 525 Å². The average Bonchev–Trinajstić information content (AvgIpc) is 1.73. The molecule has 0 aromatic heterocycles. The summed E-state index contributed by atoms with van der Waals surface area (Å²) in [5.74, 6) is -14.7. The van der Waals surface area contributed by atoms with Gasteiger partial charge in [-0.25, -0.2) is 9.59 Å². The lowest BCUT2D eigenvalue weighted by Crippen LogP contribution is -2.60. The third kappa shape index (κ3) is 24.6. The van der Waals surface area contributed by atoms with Gasteiger partial charge in [0.05, 0.1) is 6.42 Å². The Morgan fingerprint density at radius 1 is 0.523 bits per heavy atom. The van der Waals surface area contributed by atoms with Gasteiger partial charge in [0.1, 0.15) is 54.9 Å². The number of thioether (sulfide) groups is 1. The van der Waals surface area contributed by atoms with Crippen LogP contribution >= 0.6 is 11.8 Å². The summed E-state index contributed by atoms with van der Waals surface area (Å²) in [5.41, 5.74) is 25.7. The lowest BCUT2D eigenvalue weighted by molar-refractivity contribution is -0.147. The highest BCUT2D eigenvalue weighted by Crippen LogP contribution is 2.44. The van der Waals surface area contributed by atoms with E-state index in [0.717, 1.165) is 22.3 Å². The number of carbonyl (C=O) groups excluding carboxylic acids is 9. The van der Waals surface area contributed by atoms with E-state index in [1.807, 2.05) is 53.8 Å². The number of nitrogens with zero attached hydrogens (tertiary/aromatic N) is 1. The van der Waals surface area contributed by atoms with Crippen LogP contribution in [-0.2, 0) is 62.3 Å². The smallest absolute Gasteiger partial charge is 0.407 e. The Labute approximate surface area is 498 Å². The van der Waals surface area contributed by atoms with E-state index in [9.17, 15) is 77.6 Å². The minimum atomic E-state index is -1.85. The molecular weight excluding hydrogens is 1150 g/mol. The van der Waals surface area contributed by atoms with E-state index in [1.165, 1.54) is 18.7 Å². The van der Waals surface area contributed by atoms with Crippen molar-refractivity contribution in [3.05, 3.63) is 59.7 Å². The number of rotatable bonds is 40. The number of nitrogens with one attached hydrogen (secondary N) is 8. The van der Waals surface area contributed by atoms with Crippen LogP contribution in [0.4, 0.5) is 4.79 Å². The number of benzene rings is 2. The number of primary amides is 1. The van der Waals surface area contributed by atoms with E-state index in [-0.39, 0.29) is 69.4 Å². The standard InChI is InChI=1S/C54H77N13O18S/c1-28(45(75)66-40(52(82)83)26-44(73)74)60-46(76)34(14-7-8-23-55)61-47(77)35(15-9-24-59-53(57)58)62-48(78)36(16-19-41(56)68)63-51(81)39(22-25-86-2)65-49(79)37(17-20-42(69)70)64-50(80)38(18-21-43(71)72)67-54(84)85-27-33-31-12-5-3-10-29(31)30-11-4-6-13-32(30)33/h3-6,10-13,28,33-40H,7-9,14-27,55H2,1-2H3,(H2,56,68)(H,60,76)(H,61,77)(H,62,78)(H,63,81)(H,64,80)(H,65,79)(H,66,75)(H,67,84)(H,69,70)(H,71,72)(H,73,74)(H,82,83)(H4,57,58,59)/t28-,34-,35-,36-,37-,38-,39-,40-/m0/s1. The summed E-state index contributed by atoms with van der Waals surface area (Å²) in [5, 5.41) is 56.6. The van der Waals surface area contributed by atoms with Crippen molar-refractivity contribution in [3.8, 4) is 11.1 Å². The molecule has 0 saturated carbocycles. The van der Waals surface area contributed by atoms with Crippen LogP contribution in [0.15, 0.2) is 53.5 Å². The fourth-order valence-corrected chi connectivity index (χ4v) is 9.33. The van der Waals surface area contributed by atoms with E-state index in [4.69, 9.17) is 32.8 Å². The van der Waals surface area contributed by atoms with Gasteiger partial charge in [-0.05, 0) is 106 Å². The summed E-state index contributed by atoms with van der Waals surface area (Å²) in [6.45, 7) is 1.10. The van der Waals surface area contributed by atoms with Gasteiger partial charge in [0.25, 0.3) is 0 Å². The first-order valence-electron chi connectivity index (χ1n) is 27.4. The molecule has 0 radical (unpaired) electrons. The number of carbonyl (C=O) groups is 13. The second-order valence-corrected chi connectivity index (χ2v) is 20.9. The molecule has 2 aromatic rings. The molecule has 8 atom stereocenters. The van der Waals surface area contributed by atoms with E-state index in [2.05, 4.69) is 42.2 Å². The third-order valence-corrected chi connectivity index (χ3v) is 14.0. The number of nitrogens with two attached hydrogens (primary N) is 4. The minimum absolute atomic E-state index is 0.0189. The van der Waals surface area contributed by atoms with Crippen molar-refractivity contribution in [2.75, 3.05) is 31.7 Å². The number of ether oxygens (including phenoxy) is 1. The number of fused-ring (bicyclic) bond motifs is 3. The highest BCUT2D eigenvalue weighted by atomic mass is 32.2. The maximum absolute atomic E-state index is 14.3. The zero-order valence-corrected chi connectivity index (χ0v) is 48.3. The molecule has 0 bridgehead atoms. The SMILES string of the molecule is CSCC[C@H](NC(=O)[C@H](CCC(=O)O)NC(=O)[C@H](CCC(=O)O)NC(=O)OCC1c2ccccc2-c2ccccc21)C(=O)N[C@@H](CCC(N)=O)C(=O)N[C@@H](CCCN=C(N)N)C(=O)N[C@@H](CCCCN)C(=O)N[C@@H](C)C(=O)N[C@@H](CC(=O)O)C(=O)O. The van der Waals surface area contributed by atoms with Gasteiger partial charge in [-0.2, -0.15) is 11.8 Å². The van der Waals surface area contributed by atoms with Gasteiger partial charge in [0.15, 0.2) is 5.96 Å². The third-order valence-electron chi connectivity index (χ3n) is 13.3. The Kier molecular flexibility index (Phi) is 30.3. The number of hydrogen-bond donors (Lipinski definition) is 16. The van der Waals surface area contributed by atoms with Gasteiger partial charge in [-0.1, -0.05) is 48.5 Å². The van der Waals surface area contributed by atoms with Crippen molar-refractivity contribution in [1.82, 2.24) is 42.5 Å². The van der Waals surface area contributed by atoms with Crippen LogP contribution in [0.25, 0.3) is 11.1 Å². The maximum Gasteiger partial charge on any atom is 0.407 e. The quantitative estimate of drug-likeness (QED) is 0.0191. The Bertz CT molecular complexity index is 2740. The summed E-state index contributed by atoms with van der Waals surface area (Å²) >= 11 is 1.23. The van der Waals surface area contributed by atoms with E-state index in [0.29, 0.717) is 6.42 Å². The number of aliphatic imine (C=N–C) groups is 1. The molecule has 0 fully saturated rings. The predicted molar refractivity (Wildman–Crippen MR) is 309 cm³/mol. The number of guanidine groups is 1. The number of unbranched alkanes of at least 4 members (excludes halogenated alkanes) is 1. The Balaban J connectivity index is 1.88. The van der Waals surface area contributed by atoms with Crippen molar-refractivity contribution in [2.24, 2.45) is 27.9 Å². The molecule has 20 N–H and O–H groups in total. The number of carboxylic acid groups (broad SMARTS) is 4. The molecule has 9 amide bonds. The van der Waals surface area contributed by atoms with E-state index >= 15 is 0 Å². The lowest BCUT2D eigenvalue weighted by atomic mass is 9.98. The molecule has 1 aliphatic carbocycles. The molecule has 0 saturated heterocycles. The summed E-state index contributed by atoms with van der Waals surface area (Å²) < 4.78 is 5.57. The van der Waals surface area contributed by atoms with Crippen LogP contribution in [0.2, 0.25) is 0 Å². The summed E-state index contributed by atoms with van der Waals surface area (Å²) in [6, 6.07) is 2.09. The lowest BCUT2D eigenvalue weighted by Gasteiger charge is -2.28. The molecule has 0 aliphatic heterocycles. The van der Waals surface area contributed by atoms with Gasteiger partial charge in [-0.3, -0.25) is 57.7 Å².